The summed E-state index contributed by atoms with van der Waals surface area (Å²) in [4.78, 5) is 15.2. The molecule has 0 spiro atoms. The molecule has 0 bridgehead atoms. The molecule has 5 heteroatoms. The molecule has 0 unspecified atom stereocenters. The molecule has 0 fully saturated rings. The van der Waals surface area contributed by atoms with Gasteiger partial charge in [-0.2, -0.15) is 0 Å². The van der Waals surface area contributed by atoms with Gasteiger partial charge in [-0.15, -0.1) is 0 Å². The maximum atomic E-state index is 11.2. The zero-order valence-electron chi connectivity index (χ0n) is 7.66. The van der Waals surface area contributed by atoms with Gasteiger partial charge >= 0.3 is 0 Å². The lowest BCUT2D eigenvalue weighted by molar-refractivity contribution is -0.120. The van der Waals surface area contributed by atoms with E-state index in [2.05, 4.69) is 10.3 Å². The normalized spacial score (nSPS) is 9.86. The summed E-state index contributed by atoms with van der Waals surface area (Å²) in [5.74, 6) is -0.0924. The minimum absolute atomic E-state index is 0.0924. The summed E-state index contributed by atoms with van der Waals surface area (Å²) in [6.07, 6.45) is 0.237. The number of carbonyl (C=O) groups is 1. The van der Waals surface area contributed by atoms with Gasteiger partial charge in [0.05, 0.1) is 12.1 Å². The van der Waals surface area contributed by atoms with E-state index >= 15 is 0 Å². The molecule has 1 rings (SSSR count). The number of nitrogens with one attached hydrogen (secondary N) is 1. The largest absolute Gasteiger partial charge is 0.354 e. The molecule has 1 amide bonds. The van der Waals surface area contributed by atoms with Gasteiger partial charge in [-0.1, -0.05) is 17.7 Å². The number of carbonyl (C=O) groups excluding carboxylic acids is 1. The van der Waals surface area contributed by atoms with E-state index in [1.165, 1.54) is 0 Å². The maximum Gasteiger partial charge on any atom is 0.226 e. The number of hydrogen-bond donors (Lipinski definition) is 2. The number of amides is 1. The van der Waals surface area contributed by atoms with Crippen LogP contribution in [0.5, 0.6) is 0 Å². The van der Waals surface area contributed by atoms with Crippen LogP contribution >= 0.6 is 11.6 Å². The van der Waals surface area contributed by atoms with Gasteiger partial charge in [0, 0.05) is 13.1 Å². The Labute approximate surface area is 87.5 Å². The van der Waals surface area contributed by atoms with Crippen LogP contribution in [-0.2, 0) is 11.2 Å². The Balaban J connectivity index is 2.47. The molecule has 0 aliphatic carbocycles. The molecule has 1 aromatic rings. The highest BCUT2D eigenvalue weighted by atomic mass is 35.5. The van der Waals surface area contributed by atoms with Crippen LogP contribution in [0.15, 0.2) is 18.2 Å². The smallest absolute Gasteiger partial charge is 0.226 e. The van der Waals surface area contributed by atoms with Crippen LogP contribution in [0.2, 0.25) is 5.15 Å². The average molecular weight is 214 g/mol. The highest BCUT2D eigenvalue weighted by molar-refractivity contribution is 6.29. The highest BCUT2D eigenvalue weighted by Crippen LogP contribution is 2.05. The first kappa shape index (κ1) is 10.9. The topological polar surface area (TPSA) is 68.0 Å². The predicted octanol–water partition coefficient (Wildman–Crippen LogP) is 0.352. The lowest BCUT2D eigenvalue weighted by Gasteiger charge is -2.02. The van der Waals surface area contributed by atoms with E-state index in [1.54, 1.807) is 18.2 Å². The molecule has 14 heavy (non-hydrogen) atoms. The molecule has 4 nitrogen and oxygen atoms in total. The second-order valence-electron chi connectivity index (χ2n) is 2.77. The van der Waals surface area contributed by atoms with Crippen LogP contribution in [0.1, 0.15) is 5.69 Å². The molecule has 0 aliphatic heterocycles. The number of hydrogen-bond acceptors (Lipinski definition) is 3. The third-order valence-electron chi connectivity index (χ3n) is 1.58. The van der Waals surface area contributed by atoms with Crippen molar-refractivity contribution in [2.75, 3.05) is 13.1 Å². The third kappa shape index (κ3) is 3.72. The van der Waals surface area contributed by atoms with E-state index < -0.39 is 0 Å². The van der Waals surface area contributed by atoms with E-state index in [1.807, 2.05) is 0 Å². The summed E-state index contributed by atoms with van der Waals surface area (Å²) in [6, 6.07) is 5.19. The minimum Gasteiger partial charge on any atom is -0.354 e. The molecule has 0 saturated carbocycles. The van der Waals surface area contributed by atoms with Gasteiger partial charge in [-0.05, 0) is 12.1 Å². The number of nitrogens with zero attached hydrogens (tertiary/aromatic N) is 1. The van der Waals surface area contributed by atoms with Crippen molar-refractivity contribution in [2.45, 2.75) is 6.42 Å². The van der Waals surface area contributed by atoms with Gasteiger partial charge in [-0.25, -0.2) is 4.98 Å². The van der Waals surface area contributed by atoms with Crippen molar-refractivity contribution >= 4 is 17.5 Å². The summed E-state index contributed by atoms with van der Waals surface area (Å²) in [7, 11) is 0. The van der Waals surface area contributed by atoms with Gasteiger partial charge in [0.2, 0.25) is 5.91 Å². The molecule has 1 aromatic heterocycles. The van der Waals surface area contributed by atoms with E-state index in [0.29, 0.717) is 23.9 Å². The first-order valence-corrected chi connectivity index (χ1v) is 4.68. The summed E-state index contributed by atoms with van der Waals surface area (Å²) in [5.41, 5.74) is 5.90. The van der Waals surface area contributed by atoms with Crippen molar-refractivity contribution in [2.24, 2.45) is 5.73 Å². The fourth-order valence-electron chi connectivity index (χ4n) is 0.987. The van der Waals surface area contributed by atoms with Crippen LogP contribution in [0.4, 0.5) is 0 Å². The van der Waals surface area contributed by atoms with Crippen molar-refractivity contribution in [3.8, 4) is 0 Å². The van der Waals surface area contributed by atoms with Gasteiger partial charge in [-0.3, -0.25) is 4.79 Å². The quantitative estimate of drug-likeness (QED) is 0.710. The lowest BCUT2D eigenvalue weighted by Crippen LogP contribution is -2.30. The van der Waals surface area contributed by atoms with E-state index in [-0.39, 0.29) is 12.3 Å². The molecule has 0 radical (unpaired) electrons. The monoisotopic (exact) mass is 213 g/mol. The van der Waals surface area contributed by atoms with E-state index in [9.17, 15) is 4.79 Å². The van der Waals surface area contributed by atoms with Crippen LogP contribution in [0.3, 0.4) is 0 Å². The highest BCUT2D eigenvalue weighted by Gasteiger charge is 2.03. The molecule has 3 N–H and O–H groups in total. The Bertz CT molecular complexity index is 317. The van der Waals surface area contributed by atoms with Crippen LogP contribution < -0.4 is 11.1 Å². The van der Waals surface area contributed by atoms with Crippen LogP contribution in [-0.4, -0.2) is 24.0 Å². The second kappa shape index (κ2) is 5.57. The SMILES string of the molecule is NCCNC(=O)Cc1cccc(Cl)n1. The van der Waals surface area contributed by atoms with Gasteiger partial charge in [0.25, 0.3) is 0 Å². The maximum absolute atomic E-state index is 11.2. The van der Waals surface area contributed by atoms with E-state index in [0.717, 1.165) is 0 Å². The Hall–Kier alpha value is -1.13. The standard InChI is InChI=1S/C9H12ClN3O/c10-8-3-1-2-7(13-8)6-9(14)12-5-4-11/h1-3H,4-6,11H2,(H,12,14). The molecular formula is C9H12ClN3O. The minimum atomic E-state index is -0.0924. The molecule has 1 heterocycles. The second-order valence-corrected chi connectivity index (χ2v) is 3.15. The van der Waals surface area contributed by atoms with Crippen LogP contribution in [0, 0.1) is 0 Å². The lowest BCUT2D eigenvalue weighted by atomic mass is 10.2. The number of halogens is 1. The number of pyridine rings is 1. The van der Waals surface area contributed by atoms with Gasteiger partial charge in [0.1, 0.15) is 5.15 Å². The number of aromatic nitrogens is 1. The molecule has 0 saturated heterocycles. The Morgan fingerprint density at radius 1 is 1.57 bits per heavy atom. The van der Waals surface area contributed by atoms with Crippen molar-refractivity contribution < 1.29 is 4.79 Å². The van der Waals surface area contributed by atoms with Crippen molar-refractivity contribution in [3.63, 3.8) is 0 Å². The Morgan fingerprint density at radius 3 is 3.00 bits per heavy atom. The third-order valence-corrected chi connectivity index (χ3v) is 1.79. The average Bonchev–Trinajstić information content (AvgIpc) is 2.15. The number of nitrogens with two attached hydrogens (primary N) is 1. The first-order valence-electron chi connectivity index (χ1n) is 4.30. The fraction of sp³-hybridized carbons (Fsp3) is 0.333. The first-order chi connectivity index (χ1) is 6.72. The zero-order chi connectivity index (χ0) is 10.4. The summed E-state index contributed by atoms with van der Waals surface area (Å²) in [5, 5.41) is 3.05. The Morgan fingerprint density at radius 2 is 2.36 bits per heavy atom. The zero-order valence-corrected chi connectivity index (χ0v) is 8.42. The molecule has 0 atom stereocenters. The van der Waals surface area contributed by atoms with Crippen LogP contribution in [0.25, 0.3) is 0 Å². The molecular weight excluding hydrogens is 202 g/mol. The fourth-order valence-corrected chi connectivity index (χ4v) is 1.17. The molecule has 0 aromatic carbocycles. The van der Waals surface area contributed by atoms with Crippen molar-refractivity contribution in [1.29, 1.82) is 0 Å². The van der Waals surface area contributed by atoms with Gasteiger partial charge < -0.3 is 11.1 Å². The predicted molar refractivity (Wildman–Crippen MR) is 55.0 cm³/mol. The van der Waals surface area contributed by atoms with Gasteiger partial charge in [0.15, 0.2) is 0 Å². The molecule has 0 aliphatic rings. The van der Waals surface area contributed by atoms with Crippen molar-refractivity contribution in [3.05, 3.63) is 29.0 Å². The van der Waals surface area contributed by atoms with E-state index in [4.69, 9.17) is 17.3 Å². The summed E-state index contributed by atoms with van der Waals surface area (Å²) in [6.45, 7) is 0.925. The summed E-state index contributed by atoms with van der Waals surface area (Å²) < 4.78 is 0. The molecule has 76 valence electrons. The number of rotatable bonds is 4. The van der Waals surface area contributed by atoms with Crippen molar-refractivity contribution in [1.82, 2.24) is 10.3 Å². The Kier molecular flexibility index (Phi) is 4.35. The summed E-state index contributed by atoms with van der Waals surface area (Å²) >= 11 is 5.67.